The summed E-state index contributed by atoms with van der Waals surface area (Å²) in [5, 5.41) is 3.16. The van der Waals surface area contributed by atoms with Gasteiger partial charge in [0.25, 0.3) is 5.91 Å². The molecule has 0 aliphatic carbocycles. The first-order valence-corrected chi connectivity index (χ1v) is 17.3. The molecule has 0 bridgehead atoms. The molecule has 1 aliphatic rings. The van der Waals surface area contributed by atoms with Crippen molar-refractivity contribution in [3.05, 3.63) is 88.7 Å². The van der Waals surface area contributed by atoms with Crippen LogP contribution in [0.5, 0.6) is 0 Å². The number of hydrogen-bond acceptors (Lipinski definition) is 6. The zero-order valence-electron chi connectivity index (χ0n) is 24.4. The van der Waals surface area contributed by atoms with Crippen LogP contribution in [0, 0.1) is 12.7 Å². The Bertz CT molecular complexity index is 1900. The SMILES string of the molecule is CNC(=O)c1c(-c2ccc(C)cc2)oc2cc(N(C)S(C)(=O)=O)c([C@H]3CCCN(S(=O)(=O)Cc4ccccc4F)C3)cc12. The molecule has 1 N–H and O–H groups in total. The Morgan fingerprint density at radius 3 is 2.44 bits per heavy atom. The van der Waals surface area contributed by atoms with E-state index < -0.39 is 37.5 Å². The molecule has 1 aromatic heterocycles. The molecular weight excluding hydrogens is 593 g/mol. The highest BCUT2D eigenvalue weighted by atomic mass is 32.2. The molecule has 5 rings (SSSR count). The van der Waals surface area contributed by atoms with Crippen LogP contribution in [0.3, 0.4) is 0 Å². The molecule has 12 heteroatoms. The number of nitrogens with one attached hydrogen (secondary N) is 1. The highest BCUT2D eigenvalue weighted by Crippen LogP contribution is 2.42. The fraction of sp³-hybridized carbons (Fsp3) is 0.323. The third kappa shape index (κ3) is 6.17. The van der Waals surface area contributed by atoms with E-state index in [1.807, 2.05) is 31.2 Å². The number of amides is 1. The maximum Gasteiger partial charge on any atom is 0.255 e. The monoisotopic (exact) mass is 627 g/mol. The zero-order chi connectivity index (χ0) is 31.1. The highest BCUT2D eigenvalue weighted by Gasteiger charge is 2.34. The van der Waals surface area contributed by atoms with Crippen LogP contribution in [0.25, 0.3) is 22.3 Å². The van der Waals surface area contributed by atoms with Gasteiger partial charge in [0.05, 0.1) is 23.3 Å². The minimum Gasteiger partial charge on any atom is -0.455 e. The van der Waals surface area contributed by atoms with Gasteiger partial charge in [-0.05, 0) is 43.4 Å². The summed E-state index contributed by atoms with van der Waals surface area (Å²) in [6.45, 7) is 2.29. The van der Waals surface area contributed by atoms with Crippen molar-refractivity contribution in [3.63, 3.8) is 0 Å². The van der Waals surface area contributed by atoms with Crippen LogP contribution in [0.15, 0.2) is 65.1 Å². The summed E-state index contributed by atoms with van der Waals surface area (Å²) >= 11 is 0. The first-order valence-electron chi connectivity index (χ1n) is 13.8. The number of furan rings is 1. The normalized spacial score (nSPS) is 16.3. The summed E-state index contributed by atoms with van der Waals surface area (Å²) in [6, 6.07) is 16.6. The molecule has 9 nitrogen and oxygen atoms in total. The Hall–Kier alpha value is -3.74. The number of aryl methyl sites for hydroxylation is 1. The van der Waals surface area contributed by atoms with Gasteiger partial charge in [-0.3, -0.25) is 9.10 Å². The summed E-state index contributed by atoms with van der Waals surface area (Å²) in [5.41, 5.74) is 3.34. The summed E-state index contributed by atoms with van der Waals surface area (Å²) in [6.07, 6.45) is 2.19. The van der Waals surface area contributed by atoms with Crippen LogP contribution in [0.1, 0.15) is 45.8 Å². The van der Waals surface area contributed by atoms with Gasteiger partial charge in [0.15, 0.2) is 0 Å². The van der Waals surface area contributed by atoms with Gasteiger partial charge in [-0.2, -0.15) is 0 Å². The van der Waals surface area contributed by atoms with Gasteiger partial charge < -0.3 is 9.73 Å². The number of hydrogen-bond donors (Lipinski definition) is 1. The molecule has 0 radical (unpaired) electrons. The lowest BCUT2D eigenvalue weighted by Gasteiger charge is -2.34. The first kappa shape index (κ1) is 30.7. The fourth-order valence-corrected chi connectivity index (χ4v) is 7.68. The van der Waals surface area contributed by atoms with Crippen LogP contribution in [0.2, 0.25) is 0 Å². The molecule has 1 fully saturated rings. The Morgan fingerprint density at radius 1 is 1.09 bits per heavy atom. The lowest BCUT2D eigenvalue weighted by Crippen LogP contribution is -2.40. The molecule has 1 atom stereocenters. The van der Waals surface area contributed by atoms with Crippen molar-refractivity contribution in [2.45, 2.75) is 31.4 Å². The number of carbonyl (C=O) groups is 1. The van der Waals surface area contributed by atoms with Crippen molar-refractivity contribution in [1.29, 1.82) is 0 Å². The highest BCUT2D eigenvalue weighted by molar-refractivity contribution is 7.92. The average Bonchev–Trinajstić information content (AvgIpc) is 3.35. The predicted molar refractivity (Wildman–Crippen MR) is 166 cm³/mol. The summed E-state index contributed by atoms with van der Waals surface area (Å²) < 4.78 is 75.3. The standard InChI is InChI=1S/C31H34FN3O6S2/c1-20-11-13-21(14-12-20)30-29(31(36)33-2)25-16-24(27(17-28(25)41-30)34(3)42(4,37)38)22-9-7-15-35(18-22)43(39,40)19-23-8-5-6-10-26(23)32/h5-6,8,10-14,16-17,22H,7,9,15,18-19H2,1-4H3,(H,33,36)/t22-/m0/s1. The van der Waals surface area contributed by atoms with Gasteiger partial charge in [-0.15, -0.1) is 0 Å². The number of benzene rings is 3. The molecule has 0 unspecified atom stereocenters. The van der Waals surface area contributed by atoms with Crippen LogP contribution >= 0.6 is 0 Å². The van der Waals surface area contributed by atoms with Crippen LogP contribution < -0.4 is 9.62 Å². The number of carbonyl (C=O) groups excluding carboxylic acids is 1. The molecule has 0 spiro atoms. The topological polar surface area (TPSA) is 117 Å². The van der Waals surface area contributed by atoms with Gasteiger partial charge in [-0.25, -0.2) is 25.5 Å². The van der Waals surface area contributed by atoms with E-state index in [1.165, 1.54) is 36.6 Å². The molecule has 3 aromatic carbocycles. The van der Waals surface area contributed by atoms with E-state index in [2.05, 4.69) is 5.32 Å². The minimum absolute atomic E-state index is 0.0743. The zero-order valence-corrected chi connectivity index (χ0v) is 26.1. The Morgan fingerprint density at radius 2 is 1.79 bits per heavy atom. The van der Waals surface area contributed by atoms with E-state index in [4.69, 9.17) is 4.42 Å². The average molecular weight is 628 g/mol. The molecule has 228 valence electrons. The third-order valence-electron chi connectivity index (χ3n) is 7.95. The molecular formula is C31H34FN3O6S2. The molecule has 4 aromatic rings. The van der Waals surface area contributed by atoms with Crippen molar-refractivity contribution in [2.24, 2.45) is 0 Å². The molecule has 2 heterocycles. The second-order valence-electron chi connectivity index (χ2n) is 10.9. The molecule has 1 amide bonds. The molecule has 0 saturated carbocycles. The smallest absolute Gasteiger partial charge is 0.255 e. The number of nitrogens with zero attached hydrogens (tertiary/aromatic N) is 2. The lowest BCUT2D eigenvalue weighted by molar-refractivity contribution is 0.0964. The van der Waals surface area contributed by atoms with Gasteiger partial charge in [-0.1, -0.05) is 48.0 Å². The van der Waals surface area contributed by atoms with E-state index in [1.54, 1.807) is 18.2 Å². The maximum absolute atomic E-state index is 14.3. The number of sulfonamides is 2. The van der Waals surface area contributed by atoms with Crippen LogP contribution in [-0.2, 0) is 25.8 Å². The number of halogens is 1. The van der Waals surface area contributed by atoms with Crippen molar-refractivity contribution < 1.29 is 30.4 Å². The van der Waals surface area contributed by atoms with Crippen LogP contribution in [0.4, 0.5) is 10.1 Å². The molecule has 1 saturated heterocycles. The van der Waals surface area contributed by atoms with Gasteiger partial charge in [0.1, 0.15) is 17.2 Å². The van der Waals surface area contributed by atoms with E-state index in [-0.39, 0.29) is 24.6 Å². The maximum atomic E-state index is 14.3. The van der Waals surface area contributed by atoms with Gasteiger partial charge in [0.2, 0.25) is 20.0 Å². The lowest BCUT2D eigenvalue weighted by atomic mass is 9.89. The third-order valence-corrected chi connectivity index (χ3v) is 10.9. The Balaban J connectivity index is 1.64. The second kappa shape index (κ2) is 11.7. The number of rotatable bonds is 8. The minimum atomic E-state index is -3.89. The number of piperidine rings is 1. The number of anilines is 1. The summed E-state index contributed by atoms with van der Waals surface area (Å²) in [5.74, 6) is -1.50. The van der Waals surface area contributed by atoms with Gasteiger partial charge >= 0.3 is 0 Å². The second-order valence-corrected chi connectivity index (χ2v) is 14.9. The van der Waals surface area contributed by atoms with E-state index in [0.29, 0.717) is 51.9 Å². The first-order chi connectivity index (χ1) is 20.3. The molecule has 1 aliphatic heterocycles. The Labute approximate surface area is 251 Å². The van der Waals surface area contributed by atoms with E-state index in [9.17, 15) is 26.0 Å². The van der Waals surface area contributed by atoms with E-state index in [0.717, 1.165) is 16.1 Å². The Kier molecular flexibility index (Phi) is 8.39. The number of fused-ring (bicyclic) bond motifs is 1. The fourth-order valence-electron chi connectivity index (χ4n) is 5.54. The summed E-state index contributed by atoms with van der Waals surface area (Å²) in [7, 11) is -4.65. The predicted octanol–water partition coefficient (Wildman–Crippen LogP) is 5.01. The largest absolute Gasteiger partial charge is 0.455 e. The van der Waals surface area contributed by atoms with Crippen molar-refractivity contribution in [3.8, 4) is 11.3 Å². The van der Waals surface area contributed by atoms with Crippen molar-refractivity contribution in [2.75, 3.05) is 37.7 Å². The quantitative estimate of drug-likeness (QED) is 0.294. The van der Waals surface area contributed by atoms with E-state index >= 15 is 0 Å². The van der Waals surface area contributed by atoms with Crippen LogP contribution in [-0.4, -0.2) is 60.5 Å². The van der Waals surface area contributed by atoms with Crippen molar-refractivity contribution in [1.82, 2.24) is 9.62 Å². The molecule has 43 heavy (non-hydrogen) atoms. The van der Waals surface area contributed by atoms with Gasteiger partial charge in [0, 0.05) is 49.8 Å². The summed E-state index contributed by atoms with van der Waals surface area (Å²) in [4.78, 5) is 13.2. The van der Waals surface area contributed by atoms with Crippen molar-refractivity contribution >= 4 is 42.6 Å².